The van der Waals surface area contributed by atoms with Gasteiger partial charge in [-0.05, 0) is 23.8 Å². The molecule has 1 aromatic heterocycles. The molecule has 0 radical (unpaired) electrons. The van der Waals surface area contributed by atoms with Crippen LogP contribution >= 0.6 is 23.2 Å². The number of carbonyl (C=O) groups excluding carboxylic acids is 1. The Hall–Kier alpha value is -1.70. The van der Waals surface area contributed by atoms with Crippen LogP contribution in [0.2, 0.25) is 10.0 Å². The predicted molar refractivity (Wildman–Crippen MR) is 81.7 cm³/mol. The smallest absolute Gasteiger partial charge is 0.255 e. The number of tetrazole rings is 1. The van der Waals surface area contributed by atoms with E-state index in [9.17, 15) is 9.90 Å². The molecule has 0 saturated carbocycles. The number of hydrogen-bond donors (Lipinski definition) is 2. The maximum Gasteiger partial charge on any atom is 0.255 e. The number of halogens is 2. The first-order valence-electron chi connectivity index (χ1n) is 6.51. The second-order valence-electron chi connectivity index (χ2n) is 5.00. The van der Waals surface area contributed by atoms with Crippen molar-refractivity contribution < 1.29 is 9.90 Å². The second-order valence-corrected chi connectivity index (χ2v) is 5.87. The minimum Gasteiger partial charge on any atom is -0.378 e. The van der Waals surface area contributed by atoms with Crippen LogP contribution in [-0.2, 0) is 4.79 Å². The number of aliphatic hydroxyl groups excluding tert-OH is 1. The Morgan fingerprint density at radius 3 is 2.55 bits per heavy atom. The molecule has 2 atom stereocenters. The van der Waals surface area contributed by atoms with Crippen molar-refractivity contribution in [3.63, 3.8) is 0 Å². The van der Waals surface area contributed by atoms with Gasteiger partial charge in [-0.15, -0.1) is 10.2 Å². The average molecular weight is 344 g/mol. The van der Waals surface area contributed by atoms with Crippen LogP contribution in [0.1, 0.15) is 30.3 Å². The van der Waals surface area contributed by atoms with Gasteiger partial charge >= 0.3 is 0 Å². The Labute approximate surface area is 137 Å². The van der Waals surface area contributed by atoms with Gasteiger partial charge in [0.05, 0.1) is 0 Å². The third-order valence-corrected chi connectivity index (χ3v) is 3.60. The number of amides is 1. The van der Waals surface area contributed by atoms with E-state index in [1.165, 1.54) is 23.1 Å². The largest absolute Gasteiger partial charge is 0.378 e. The fourth-order valence-electron chi connectivity index (χ4n) is 2.05. The molecule has 0 unspecified atom stereocenters. The van der Waals surface area contributed by atoms with Gasteiger partial charge in [0.1, 0.15) is 0 Å². The zero-order chi connectivity index (χ0) is 16.3. The molecule has 1 aromatic carbocycles. The molecule has 0 bridgehead atoms. The molecule has 22 heavy (non-hydrogen) atoms. The normalized spacial score (nSPS) is 13.7. The van der Waals surface area contributed by atoms with Crippen LogP contribution < -0.4 is 0 Å². The van der Waals surface area contributed by atoms with E-state index in [2.05, 4.69) is 20.6 Å². The first kappa shape index (κ1) is 16.7. The van der Waals surface area contributed by atoms with Gasteiger partial charge in [0.25, 0.3) is 5.91 Å². The number of nitrogens with one attached hydrogen (secondary N) is 1. The highest BCUT2D eigenvalue weighted by atomic mass is 35.5. The molecular formula is C13H15Cl2N5O2. The van der Waals surface area contributed by atoms with Crippen LogP contribution in [0.3, 0.4) is 0 Å². The lowest BCUT2D eigenvalue weighted by atomic mass is 10.1. The number of nitrogens with zero attached hydrogens (tertiary/aromatic N) is 4. The van der Waals surface area contributed by atoms with Crippen molar-refractivity contribution in [2.45, 2.75) is 18.9 Å². The van der Waals surface area contributed by atoms with Gasteiger partial charge in [0.2, 0.25) is 0 Å². The van der Waals surface area contributed by atoms with Gasteiger partial charge < -0.3 is 10.0 Å². The highest BCUT2D eigenvalue weighted by Crippen LogP contribution is 2.25. The molecule has 1 amide bonds. The van der Waals surface area contributed by atoms with Gasteiger partial charge in [-0.25, -0.2) is 0 Å². The number of carbonyl (C=O) groups is 1. The van der Waals surface area contributed by atoms with E-state index in [1.807, 2.05) is 6.92 Å². The van der Waals surface area contributed by atoms with Crippen molar-refractivity contribution in [1.82, 2.24) is 25.5 Å². The minimum absolute atomic E-state index is 0.122. The highest BCUT2D eigenvalue weighted by molar-refractivity contribution is 6.34. The zero-order valence-corrected chi connectivity index (χ0v) is 13.5. The number of aromatic amines is 1. The van der Waals surface area contributed by atoms with Crippen LogP contribution in [-0.4, -0.2) is 50.1 Å². The summed E-state index contributed by atoms with van der Waals surface area (Å²) in [7, 11) is 1.59. The first-order valence-corrected chi connectivity index (χ1v) is 7.26. The Kier molecular flexibility index (Phi) is 5.33. The predicted octanol–water partition coefficient (Wildman–Crippen LogP) is 1.80. The molecule has 0 saturated heterocycles. The number of hydrogen-bond acceptors (Lipinski definition) is 5. The van der Waals surface area contributed by atoms with Crippen LogP contribution in [0.4, 0.5) is 0 Å². The van der Waals surface area contributed by atoms with Gasteiger partial charge in [-0.2, -0.15) is 5.21 Å². The van der Waals surface area contributed by atoms with Gasteiger partial charge in [-0.3, -0.25) is 4.79 Å². The lowest BCUT2D eigenvalue weighted by Crippen LogP contribution is -2.34. The maximum atomic E-state index is 12.3. The van der Waals surface area contributed by atoms with E-state index in [4.69, 9.17) is 23.2 Å². The monoisotopic (exact) mass is 343 g/mol. The molecule has 1 heterocycles. The van der Waals surface area contributed by atoms with Crippen molar-refractivity contribution in [3.05, 3.63) is 39.6 Å². The van der Waals surface area contributed by atoms with Crippen LogP contribution in [0.5, 0.6) is 0 Å². The summed E-state index contributed by atoms with van der Waals surface area (Å²) in [5, 5.41) is 24.5. The fourth-order valence-corrected chi connectivity index (χ4v) is 2.59. The maximum absolute atomic E-state index is 12.3. The number of aromatic nitrogens is 4. The van der Waals surface area contributed by atoms with Crippen molar-refractivity contribution >= 4 is 29.1 Å². The Bertz CT molecular complexity index is 630. The van der Waals surface area contributed by atoms with Crippen molar-refractivity contribution in [2.75, 3.05) is 13.6 Å². The number of likely N-dealkylation sites (N-methyl/N-ethyl adjacent to an activating group) is 1. The highest BCUT2D eigenvalue weighted by Gasteiger charge is 2.24. The lowest BCUT2D eigenvalue weighted by molar-refractivity contribution is -0.139. The van der Waals surface area contributed by atoms with E-state index in [1.54, 1.807) is 7.05 Å². The molecule has 2 aromatic rings. The summed E-state index contributed by atoms with van der Waals surface area (Å²) in [6.07, 6.45) is -1.33. The van der Waals surface area contributed by atoms with Crippen LogP contribution in [0.25, 0.3) is 0 Å². The molecule has 118 valence electrons. The summed E-state index contributed by atoms with van der Waals surface area (Å²) in [5.74, 6) is -0.0866. The quantitative estimate of drug-likeness (QED) is 0.862. The molecule has 0 aliphatic heterocycles. The standard InChI is InChI=1S/C13H15Cl2N5O2/c1-7(12-16-18-19-17-12)6-20(2)13(22)11(21)8-3-9(14)5-10(15)4-8/h3-5,7,11,21H,6H2,1-2H3,(H,16,17,18,19)/t7-,11-/m0/s1. The second kappa shape index (κ2) is 7.04. The van der Waals surface area contributed by atoms with Gasteiger partial charge in [0.15, 0.2) is 11.9 Å². The first-order chi connectivity index (χ1) is 10.4. The molecule has 2 N–H and O–H groups in total. The molecule has 9 heteroatoms. The molecule has 2 rings (SSSR count). The lowest BCUT2D eigenvalue weighted by Gasteiger charge is -2.23. The van der Waals surface area contributed by atoms with Crippen LogP contribution in [0, 0.1) is 0 Å². The van der Waals surface area contributed by atoms with Crippen molar-refractivity contribution in [1.29, 1.82) is 0 Å². The van der Waals surface area contributed by atoms with E-state index < -0.39 is 12.0 Å². The average Bonchev–Trinajstić information content (AvgIpc) is 2.98. The summed E-state index contributed by atoms with van der Waals surface area (Å²) in [4.78, 5) is 13.7. The van der Waals surface area contributed by atoms with Gasteiger partial charge in [-0.1, -0.05) is 35.3 Å². The summed E-state index contributed by atoms with van der Waals surface area (Å²) >= 11 is 11.8. The van der Waals surface area contributed by atoms with E-state index in [0.29, 0.717) is 28.0 Å². The number of aliphatic hydroxyl groups is 1. The van der Waals surface area contributed by atoms with Crippen LogP contribution in [0.15, 0.2) is 18.2 Å². The Morgan fingerprint density at radius 2 is 2.00 bits per heavy atom. The molecule has 0 aliphatic carbocycles. The summed E-state index contributed by atoms with van der Waals surface area (Å²) in [6, 6.07) is 4.55. The zero-order valence-electron chi connectivity index (χ0n) is 12.0. The molecule has 0 aliphatic rings. The van der Waals surface area contributed by atoms with E-state index in [-0.39, 0.29) is 5.92 Å². The molecule has 0 fully saturated rings. The summed E-state index contributed by atoms with van der Waals surface area (Å²) in [5.41, 5.74) is 0.349. The summed E-state index contributed by atoms with van der Waals surface area (Å²) < 4.78 is 0. The third-order valence-electron chi connectivity index (χ3n) is 3.16. The molecule has 7 nitrogen and oxygen atoms in total. The van der Waals surface area contributed by atoms with Crippen molar-refractivity contribution in [2.24, 2.45) is 0 Å². The minimum atomic E-state index is -1.33. The topological polar surface area (TPSA) is 95.0 Å². The molecule has 0 spiro atoms. The number of rotatable bonds is 5. The molecular weight excluding hydrogens is 329 g/mol. The third kappa shape index (κ3) is 3.94. The summed E-state index contributed by atoms with van der Waals surface area (Å²) in [6.45, 7) is 2.20. The SMILES string of the molecule is C[C@@H](CN(C)C(=O)[C@@H](O)c1cc(Cl)cc(Cl)c1)c1nn[nH]n1. The van der Waals surface area contributed by atoms with E-state index in [0.717, 1.165) is 0 Å². The van der Waals surface area contributed by atoms with Gasteiger partial charge in [0, 0.05) is 29.6 Å². The number of H-pyrrole nitrogens is 1. The Morgan fingerprint density at radius 1 is 1.36 bits per heavy atom. The van der Waals surface area contributed by atoms with Crippen molar-refractivity contribution in [3.8, 4) is 0 Å². The Balaban J connectivity index is 2.06. The van der Waals surface area contributed by atoms with E-state index >= 15 is 0 Å². The number of benzene rings is 1. The fraction of sp³-hybridized carbons (Fsp3) is 0.385.